The molecule has 0 fully saturated rings. The van der Waals surface area contributed by atoms with E-state index in [1.165, 1.54) is 16.3 Å². The molecular weight excluding hydrogens is 382 g/mol. The molecule has 1 heterocycles. The number of quaternary nitrogens is 1. The number of tetrazole rings is 1. The standard InChI is InChI=1S/C22H23N5OS/c1-28-21-13-12-17-8-5-6-11-19(17)20(21)16-23-14-7-15-29-22-24-25-26-27(22)18-9-3-2-4-10-18/h2-6,8-13,23H,7,14-16H2,1H3/p+1. The molecule has 0 unspecified atom stereocenters. The number of benzene rings is 3. The predicted molar refractivity (Wildman–Crippen MR) is 115 cm³/mol. The zero-order valence-corrected chi connectivity index (χ0v) is 17.2. The van der Waals surface area contributed by atoms with Crippen LogP contribution in [0.25, 0.3) is 16.5 Å². The van der Waals surface area contributed by atoms with Crippen LogP contribution in [-0.4, -0.2) is 39.6 Å². The quantitative estimate of drug-likeness (QED) is 0.342. The Bertz CT molecular complexity index is 1070. The minimum Gasteiger partial charge on any atom is -0.496 e. The third-order valence-electron chi connectivity index (χ3n) is 4.79. The molecule has 0 aliphatic heterocycles. The van der Waals surface area contributed by atoms with Crippen LogP contribution >= 0.6 is 11.8 Å². The molecule has 0 saturated carbocycles. The molecule has 1 aromatic heterocycles. The van der Waals surface area contributed by atoms with Crippen molar-refractivity contribution in [3.8, 4) is 11.4 Å². The number of ether oxygens (including phenoxy) is 1. The van der Waals surface area contributed by atoms with Gasteiger partial charge in [-0.1, -0.05) is 60.3 Å². The summed E-state index contributed by atoms with van der Waals surface area (Å²) in [5.74, 6) is 1.92. The van der Waals surface area contributed by atoms with Crippen molar-refractivity contribution < 1.29 is 10.1 Å². The number of hydrogen-bond acceptors (Lipinski definition) is 5. The minimum absolute atomic E-state index is 0.826. The molecule has 0 saturated heterocycles. The van der Waals surface area contributed by atoms with Gasteiger partial charge < -0.3 is 10.1 Å². The zero-order chi connectivity index (χ0) is 19.9. The number of hydrogen-bond donors (Lipinski definition) is 1. The monoisotopic (exact) mass is 406 g/mol. The molecule has 4 aromatic rings. The van der Waals surface area contributed by atoms with Crippen LogP contribution in [0.15, 0.2) is 71.9 Å². The van der Waals surface area contributed by atoms with Crippen molar-refractivity contribution in [1.82, 2.24) is 20.2 Å². The molecule has 0 amide bonds. The van der Waals surface area contributed by atoms with Crippen molar-refractivity contribution in [3.05, 3.63) is 72.3 Å². The van der Waals surface area contributed by atoms with Crippen LogP contribution < -0.4 is 10.1 Å². The second kappa shape index (κ2) is 9.54. The Labute approximate surface area is 174 Å². The summed E-state index contributed by atoms with van der Waals surface area (Å²) in [6.45, 7) is 1.93. The number of fused-ring (bicyclic) bond motifs is 1. The number of aromatic nitrogens is 4. The smallest absolute Gasteiger partial charge is 0.214 e. The van der Waals surface area contributed by atoms with Crippen molar-refractivity contribution in [1.29, 1.82) is 0 Å². The molecule has 0 spiro atoms. The first-order valence-corrected chi connectivity index (χ1v) is 10.7. The first-order chi connectivity index (χ1) is 14.4. The highest BCUT2D eigenvalue weighted by molar-refractivity contribution is 7.99. The fraction of sp³-hybridized carbons (Fsp3) is 0.227. The summed E-state index contributed by atoms with van der Waals surface area (Å²) in [6, 6.07) is 22.6. The summed E-state index contributed by atoms with van der Waals surface area (Å²) in [5.41, 5.74) is 2.24. The molecule has 29 heavy (non-hydrogen) atoms. The van der Waals surface area contributed by atoms with Crippen LogP contribution in [0.4, 0.5) is 0 Å². The molecule has 0 radical (unpaired) electrons. The number of nitrogens with two attached hydrogens (primary N) is 1. The van der Waals surface area contributed by atoms with Crippen molar-refractivity contribution in [2.75, 3.05) is 19.4 Å². The van der Waals surface area contributed by atoms with E-state index in [4.69, 9.17) is 4.74 Å². The molecule has 4 rings (SSSR count). The van der Waals surface area contributed by atoms with Gasteiger partial charge in [0.15, 0.2) is 0 Å². The fourth-order valence-electron chi connectivity index (χ4n) is 3.36. The SMILES string of the molecule is COc1ccc2ccccc2c1C[NH2+]CCCSc1nnnn1-c1ccccc1. The van der Waals surface area contributed by atoms with Gasteiger partial charge in [-0.2, -0.15) is 4.68 Å². The third-order valence-corrected chi connectivity index (χ3v) is 5.80. The topological polar surface area (TPSA) is 69.4 Å². The van der Waals surface area contributed by atoms with Crippen LogP contribution in [0, 0.1) is 0 Å². The summed E-state index contributed by atoms with van der Waals surface area (Å²) in [7, 11) is 1.74. The number of rotatable bonds is 9. The molecule has 3 aromatic carbocycles. The molecule has 0 bridgehead atoms. The molecular formula is C22H24N5OS+. The molecule has 6 nitrogen and oxygen atoms in total. The largest absolute Gasteiger partial charge is 0.496 e. The number of methoxy groups -OCH3 is 1. The summed E-state index contributed by atoms with van der Waals surface area (Å²) in [4.78, 5) is 0. The Hall–Kier alpha value is -2.90. The number of thioether (sulfide) groups is 1. The van der Waals surface area contributed by atoms with Gasteiger partial charge in [-0.25, -0.2) is 0 Å². The maximum atomic E-state index is 5.59. The number of nitrogens with zero attached hydrogens (tertiary/aromatic N) is 4. The molecule has 7 heteroatoms. The number of para-hydroxylation sites is 1. The van der Waals surface area contributed by atoms with Gasteiger partial charge in [0, 0.05) is 12.2 Å². The van der Waals surface area contributed by atoms with E-state index in [1.807, 2.05) is 30.3 Å². The van der Waals surface area contributed by atoms with Gasteiger partial charge in [0.05, 0.1) is 24.9 Å². The maximum absolute atomic E-state index is 5.59. The third kappa shape index (κ3) is 4.58. The molecule has 0 aliphatic carbocycles. The Kier molecular flexibility index (Phi) is 6.38. The van der Waals surface area contributed by atoms with Gasteiger partial charge in [0.25, 0.3) is 0 Å². The Morgan fingerprint density at radius 2 is 1.83 bits per heavy atom. The average Bonchev–Trinajstić information content (AvgIpc) is 3.25. The second-order valence-electron chi connectivity index (χ2n) is 6.66. The Morgan fingerprint density at radius 1 is 1.00 bits per heavy atom. The van der Waals surface area contributed by atoms with Gasteiger partial charge in [-0.15, -0.1) is 5.10 Å². The van der Waals surface area contributed by atoms with Crippen LogP contribution in [0.2, 0.25) is 0 Å². The van der Waals surface area contributed by atoms with Crippen molar-refractivity contribution in [2.45, 2.75) is 18.1 Å². The van der Waals surface area contributed by atoms with Gasteiger partial charge in [-0.3, -0.25) is 0 Å². The molecule has 0 aliphatic rings. The van der Waals surface area contributed by atoms with Crippen LogP contribution in [0.3, 0.4) is 0 Å². The van der Waals surface area contributed by atoms with Gasteiger partial charge in [-0.05, 0) is 39.4 Å². The van der Waals surface area contributed by atoms with E-state index in [2.05, 4.69) is 57.2 Å². The summed E-state index contributed by atoms with van der Waals surface area (Å²) in [6.07, 6.45) is 1.07. The van der Waals surface area contributed by atoms with E-state index in [-0.39, 0.29) is 0 Å². The lowest BCUT2D eigenvalue weighted by Gasteiger charge is -2.11. The van der Waals surface area contributed by atoms with Gasteiger partial charge in [0.2, 0.25) is 5.16 Å². The van der Waals surface area contributed by atoms with E-state index in [9.17, 15) is 0 Å². The maximum Gasteiger partial charge on any atom is 0.214 e. The van der Waals surface area contributed by atoms with E-state index in [0.717, 1.165) is 41.9 Å². The van der Waals surface area contributed by atoms with Gasteiger partial charge in [0.1, 0.15) is 12.3 Å². The second-order valence-corrected chi connectivity index (χ2v) is 7.72. The highest BCUT2D eigenvalue weighted by Gasteiger charge is 2.11. The summed E-state index contributed by atoms with van der Waals surface area (Å²) < 4.78 is 7.37. The van der Waals surface area contributed by atoms with E-state index < -0.39 is 0 Å². The Balaban J connectivity index is 1.30. The highest BCUT2D eigenvalue weighted by Crippen LogP contribution is 2.27. The normalized spacial score (nSPS) is 11.1. The van der Waals surface area contributed by atoms with Crippen molar-refractivity contribution in [2.24, 2.45) is 0 Å². The van der Waals surface area contributed by atoms with E-state index in [1.54, 1.807) is 23.6 Å². The highest BCUT2D eigenvalue weighted by atomic mass is 32.2. The lowest BCUT2D eigenvalue weighted by Crippen LogP contribution is -2.82. The minimum atomic E-state index is 0.826. The molecule has 2 N–H and O–H groups in total. The van der Waals surface area contributed by atoms with Crippen molar-refractivity contribution in [3.63, 3.8) is 0 Å². The molecule has 0 atom stereocenters. The summed E-state index contributed by atoms with van der Waals surface area (Å²) in [5, 5.41) is 17.8. The van der Waals surface area contributed by atoms with Crippen LogP contribution in [0.1, 0.15) is 12.0 Å². The molecule has 148 valence electrons. The lowest BCUT2D eigenvalue weighted by molar-refractivity contribution is -0.670. The fourth-order valence-corrected chi connectivity index (χ4v) is 4.21. The average molecular weight is 407 g/mol. The Morgan fingerprint density at radius 3 is 2.69 bits per heavy atom. The first kappa shape index (κ1) is 19.4. The van der Waals surface area contributed by atoms with Crippen LogP contribution in [-0.2, 0) is 6.54 Å². The first-order valence-electron chi connectivity index (χ1n) is 9.69. The predicted octanol–water partition coefficient (Wildman–Crippen LogP) is 3.07. The van der Waals surface area contributed by atoms with Crippen LogP contribution in [0.5, 0.6) is 5.75 Å². The van der Waals surface area contributed by atoms with Crippen molar-refractivity contribution >= 4 is 22.5 Å². The van der Waals surface area contributed by atoms with E-state index in [0.29, 0.717) is 0 Å². The zero-order valence-electron chi connectivity index (χ0n) is 16.4. The van der Waals surface area contributed by atoms with E-state index >= 15 is 0 Å². The lowest BCUT2D eigenvalue weighted by atomic mass is 10.0. The summed E-state index contributed by atoms with van der Waals surface area (Å²) >= 11 is 1.69. The van der Waals surface area contributed by atoms with Gasteiger partial charge >= 0.3 is 0 Å².